The van der Waals surface area contributed by atoms with Crippen LogP contribution in [0.15, 0.2) is 18.3 Å². The van der Waals surface area contributed by atoms with Crippen molar-refractivity contribution >= 4 is 11.6 Å². The third-order valence-electron chi connectivity index (χ3n) is 2.99. The molecule has 3 rings (SSSR count). The summed E-state index contributed by atoms with van der Waals surface area (Å²) in [5.74, 6) is 0.697. The molecular weight excluding hydrogens is 202 g/mol. The number of aryl methyl sites for hydroxylation is 1. The lowest BCUT2D eigenvalue weighted by atomic mass is 9.88. The lowest BCUT2D eigenvalue weighted by Gasteiger charge is -2.32. The molecule has 1 saturated carbocycles. The summed E-state index contributed by atoms with van der Waals surface area (Å²) in [6.45, 7) is 2.04. The fraction of sp³-hybridized carbons (Fsp3) is 0.455. The molecule has 2 heterocycles. The van der Waals surface area contributed by atoms with Gasteiger partial charge in [0.1, 0.15) is 0 Å². The second-order valence-corrected chi connectivity index (χ2v) is 4.52. The third kappa shape index (κ3) is 1.63. The van der Waals surface area contributed by atoms with Crippen LogP contribution < -0.4 is 11.1 Å². The van der Waals surface area contributed by atoms with Crippen molar-refractivity contribution in [3.05, 3.63) is 23.9 Å². The molecule has 0 atom stereocenters. The zero-order valence-corrected chi connectivity index (χ0v) is 9.22. The first-order chi connectivity index (χ1) is 7.70. The second kappa shape index (κ2) is 3.45. The van der Waals surface area contributed by atoms with Crippen molar-refractivity contribution in [2.24, 2.45) is 5.73 Å². The molecule has 5 nitrogen and oxygen atoms in total. The molecule has 0 unspecified atom stereocenters. The predicted octanol–water partition coefficient (Wildman–Crippen LogP) is 0.939. The Morgan fingerprint density at radius 3 is 3.00 bits per heavy atom. The maximum Gasteiger partial charge on any atom is 0.243 e. The van der Waals surface area contributed by atoms with Crippen LogP contribution in [-0.2, 0) is 0 Å². The van der Waals surface area contributed by atoms with Crippen LogP contribution >= 0.6 is 0 Å². The molecule has 3 N–H and O–H groups in total. The molecule has 1 fully saturated rings. The summed E-state index contributed by atoms with van der Waals surface area (Å²) < 4.78 is 1.80. The number of hydrogen-bond donors (Lipinski definition) is 2. The van der Waals surface area contributed by atoms with Gasteiger partial charge in [-0.15, -0.1) is 5.10 Å². The van der Waals surface area contributed by atoms with E-state index in [1.807, 2.05) is 25.3 Å². The van der Waals surface area contributed by atoms with Gasteiger partial charge in [0.05, 0.1) is 0 Å². The number of nitrogens with two attached hydrogens (primary N) is 1. The van der Waals surface area contributed by atoms with E-state index in [-0.39, 0.29) is 0 Å². The lowest BCUT2D eigenvalue weighted by Crippen LogP contribution is -2.44. The van der Waals surface area contributed by atoms with Crippen molar-refractivity contribution in [1.82, 2.24) is 14.6 Å². The standard InChI is InChI=1S/C11H15N5/c1-7-2-3-10-14-11(15-16(10)6-7)13-9-4-8(12)5-9/h2-3,6,8-9H,4-5,12H2,1H3,(H,13,15). The van der Waals surface area contributed by atoms with E-state index in [1.165, 1.54) is 5.56 Å². The zero-order valence-electron chi connectivity index (χ0n) is 9.22. The first-order valence-electron chi connectivity index (χ1n) is 5.56. The van der Waals surface area contributed by atoms with Gasteiger partial charge in [-0.1, -0.05) is 6.07 Å². The predicted molar refractivity (Wildman–Crippen MR) is 62.3 cm³/mol. The summed E-state index contributed by atoms with van der Waals surface area (Å²) in [6.07, 6.45) is 3.99. The second-order valence-electron chi connectivity index (χ2n) is 4.52. The minimum atomic E-state index is 0.344. The Morgan fingerprint density at radius 2 is 2.25 bits per heavy atom. The average Bonchev–Trinajstić information content (AvgIpc) is 2.57. The van der Waals surface area contributed by atoms with E-state index in [2.05, 4.69) is 15.4 Å². The van der Waals surface area contributed by atoms with Gasteiger partial charge in [0.25, 0.3) is 0 Å². The molecule has 0 radical (unpaired) electrons. The van der Waals surface area contributed by atoms with Crippen LogP contribution in [0.4, 0.5) is 5.95 Å². The summed E-state index contributed by atoms with van der Waals surface area (Å²) in [4.78, 5) is 4.40. The number of nitrogens with zero attached hydrogens (tertiary/aromatic N) is 3. The van der Waals surface area contributed by atoms with Gasteiger partial charge in [0, 0.05) is 18.3 Å². The molecule has 16 heavy (non-hydrogen) atoms. The Bertz CT molecular complexity index is 512. The third-order valence-corrected chi connectivity index (χ3v) is 2.99. The van der Waals surface area contributed by atoms with E-state index >= 15 is 0 Å². The molecular formula is C11H15N5. The van der Waals surface area contributed by atoms with Crippen LogP contribution in [0.2, 0.25) is 0 Å². The van der Waals surface area contributed by atoms with E-state index in [9.17, 15) is 0 Å². The first-order valence-corrected chi connectivity index (χ1v) is 5.56. The lowest BCUT2D eigenvalue weighted by molar-refractivity contribution is 0.372. The summed E-state index contributed by atoms with van der Waals surface area (Å²) in [7, 11) is 0. The maximum atomic E-state index is 5.73. The summed E-state index contributed by atoms with van der Waals surface area (Å²) in [5.41, 5.74) is 7.78. The molecule has 0 spiro atoms. The molecule has 0 aliphatic heterocycles. The van der Waals surface area contributed by atoms with Crippen LogP contribution in [0.25, 0.3) is 5.65 Å². The molecule has 2 aromatic heterocycles. The van der Waals surface area contributed by atoms with Crippen molar-refractivity contribution in [3.63, 3.8) is 0 Å². The number of hydrogen-bond acceptors (Lipinski definition) is 4. The molecule has 1 aliphatic rings. The van der Waals surface area contributed by atoms with Gasteiger partial charge in [-0.2, -0.15) is 4.98 Å². The van der Waals surface area contributed by atoms with Gasteiger partial charge in [-0.25, -0.2) is 4.52 Å². The molecule has 0 aromatic carbocycles. The van der Waals surface area contributed by atoms with E-state index in [4.69, 9.17) is 5.73 Å². The zero-order chi connectivity index (χ0) is 11.1. The molecule has 0 saturated heterocycles. The SMILES string of the molecule is Cc1ccc2nc(NC3CC(N)C3)nn2c1. The Kier molecular flexibility index (Phi) is 2.07. The van der Waals surface area contributed by atoms with Crippen LogP contribution in [0, 0.1) is 6.92 Å². The highest BCUT2D eigenvalue weighted by molar-refractivity contribution is 5.44. The van der Waals surface area contributed by atoms with Gasteiger partial charge >= 0.3 is 0 Å². The first kappa shape index (κ1) is 9.59. The van der Waals surface area contributed by atoms with E-state index in [0.717, 1.165) is 18.5 Å². The Hall–Kier alpha value is -1.62. The van der Waals surface area contributed by atoms with Crippen molar-refractivity contribution < 1.29 is 0 Å². The minimum Gasteiger partial charge on any atom is -0.350 e. The molecule has 0 amide bonds. The van der Waals surface area contributed by atoms with E-state index < -0.39 is 0 Å². The van der Waals surface area contributed by atoms with Gasteiger partial charge in [-0.05, 0) is 31.4 Å². The average molecular weight is 217 g/mol. The van der Waals surface area contributed by atoms with Crippen molar-refractivity contribution in [2.75, 3.05) is 5.32 Å². The quantitative estimate of drug-likeness (QED) is 0.785. The number of aromatic nitrogens is 3. The highest BCUT2D eigenvalue weighted by Gasteiger charge is 2.26. The smallest absolute Gasteiger partial charge is 0.243 e. The number of anilines is 1. The molecule has 0 bridgehead atoms. The largest absolute Gasteiger partial charge is 0.350 e. The number of pyridine rings is 1. The fourth-order valence-electron chi connectivity index (χ4n) is 2.01. The highest BCUT2D eigenvalue weighted by Crippen LogP contribution is 2.21. The number of nitrogens with one attached hydrogen (secondary N) is 1. The number of rotatable bonds is 2. The molecule has 2 aromatic rings. The maximum absolute atomic E-state index is 5.73. The van der Waals surface area contributed by atoms with Crippen molar-refractivity contribution in [3.8, 4) is 0 Å². The number of fused-ring (bicyclic) bond motifs is 1. The van der Waals surface area contributed by atoms with Gasteiger partial charge in [0.2, 0.25) is 5.95 Å². The van der Waals surface area contributed by atoms with Crippen LogP contribution in [0.1, 0.15) is 18.4 Å². The van der Waals surface area contributed by atoms with Crippen LogP contribution in [0.5, 0.6) is 0 Å². The van der Waals surface area contributed by atoms with Crippen LogP contribution in [0.3, 0.4) is 0 Å². The summed E-state index contributed by atoms with van der Waals surface area (Å²) in [6, 6.07) is 4.79. The Balaban J connectivity index is 1.82. The Labute approximate surface area is 93.7 Å². The summed E-state index contributed by atoms with van der Waals surface area (Å²) >= 11 is 0. The topological polar surface area (TPSA) is 68.2 Å². The van der Waals surface area contributed by atoms with Gasteiger partial charge < -0.3 is 11.1 Å². The normalized spacial score (nSPS) is 24.4. The van der Waals surface area contributed by atoms with Crippen molar-refractivity contribution in [1.29, 1.82) is 0 Å². The van der Waals surface area contributed by atoms with Crippen LogP contribution in [-0.4, -0.2) is 26.7 Å². The molecule has 84 valence electrons. The minimum absolute atomic E-state index is 0.344. The molecule has 5 heteroatoms. The van der Waals surface area contributed by atoms with E-state index in [1.54, 1.807) is 4.52 Å². The Morgan fingerprint density at radius 1 is 1.44 bits per heavy atom. The molecule has 1 aliphatic carbocycles. The summed E-state index contributed by atoms with van der Waals surface area (Å²) in [5, 5.41) is 7.67. The van der Waals surface area contributed by atoms with Gasteiger partial charge in [-0.3, -0.25) is 0 Å². The monoisotopic (exact) mass is 217 g/mol. The highest BCUT2D eigenvalue weighted by atomic mass is 15.3. The van der Waals surface area contributed by atoms with E-state index in [0.29, 0.717) is 18.0 Å². The fourth-order valence-corrected chi connectivity index (χ4v) is 2.01. The van der Waals surface area contributed by atoms with Gasteiger partial charge in [0.15, 0.2) is 5.65 Å². The van der Waals surface area contributed by atoms with Crippen molar-refractivity contribution in [2.45, 2.75) is 31.8 Å².